The number of anilines is 1. The Morgan fingerprint density at radius 2 is 2.21 bits per heavy atom. The summed E-state index contributed by atoms with van der Waals surface area (Å²) in [4.78, 5) is 30.2. The first kappa shape index (κ1) is 13.0. The van der Waals surface area contributed by atoms with E-state index in [0.29, 0.717) is 10.7 Å². The fraction of sp³-hybridized carbons (Fsp3) is 0.0909. The van der Waals surface area contributed by atoms with E-state index < -0.39 is 12.0 Å². The molecule has 0 fully saturated rings. The highest BCUT2D eigenvalue weighted by Crippen LogP contribution is 2.22. The molecule has 0 saturated heterocycles. The van der Waals surface area contributed by atoms with Gasteiger partial charge in [0.15, 0.2) is 0 Å². The Labute approximate surface area is 112 Å². The molecule has 0 aromatic carbocycles. The first-order valence-electron chi connectivity index (χ1n) is 5.27. The number of thiophene rings is 1. The van der Waals surface area contributed by atoms with Gasteiger partial charge >= 0.3 is 12.0 Å². The zero-order valence-corrected chi connectivity index (χ0v) is 10.5. The third kappa shape index (κ3) is 3.49. The van der Waals surface area contributed by atoms with Crippen LogP contribution in [0, 0.1) is 0 Å². The number of nitrogens with one attached hydrogen (secondary N) is 2. The smallest absolute Gasteiger partial charge is 0.338 e. The van der Waals surface area contributed by atoms with Crippen molar-refractivity contribution in [2.45, 2.75) is 6.54 Å². The van der Waals surface area contributed by atoms with Crippen molar-refractivity contribution in [1.82, 2.24) is 15.3 Å². The fourth-order valence-electron chi connectivity index (χ4n) is 1.32. The minimum atomic E-state index is -1.08. The van der Waals surface area contributed by atoms with Crippen LogP contribution in [0.4, 0.5) is 9.80 Å². The van der Waals surface area contributed by atoms with Crippen molar-refractivity contribution in [3.05, 3.63) is 41.3 Å². The molecule has 2 amide bonds. The van der Waals surface area contributed by atoms with Gasteiger partial charge in [-0.3, -0.25) is 5.32 Å². The van der Waals surface area contributed by atoms with Crippen LogP contribution in [0.1, 0.15) is 16.1 Å². The molecule has 98 valence electrons. The van der Waals surface area contributed by atoms with Gasteiger partial charge in [0.2, 0.25) is 0 Å². The Morgan fingerprint density at radius 3 is 2.89 bits per heavy atom. The summed E-state index contributed by atoms with van der Waals surface area (Å²) in [5, 5.41) is 15.9. The number of nitrogens with zero attached hydrogens (tertiary/aromatic N) is 2. The van der Waals surface area contributed by atoms with E-state index in [2.05, 4.69) is 20.6 Å². The maximum absolute atomic E-state index is 11.6. The van der Waals surface area contributed by atoms with E-state index >= 15 is 0 Å². The highest BCUT2D eigenvalue weighted by atomic mass is 32.1. The summed E-state index contributed by atoms with van der Waals surface area (Å²) in [7, 11) is 0. The summed E-state index contributed by atoms with van der Waals surface area (Å²) < 4.78 is 0. The lowest BCUT2D eigenvalue weighted by molar-refractivity contribution is 0.0698. The highest BCUT2D eigenvalue weighted by molar-refractivity contribution is 7.14. The Bertz CT molecular complexity index is 585. The number of rotatable bonds is 4. The zero-order valence-electron chi connectivity index (χ0n) is 9.66. The van der Waals surface area contributed by atoms with E-state index in [-0.39, 0.29) is 12.1 Å². The van der Waals surface area contributed by atoms with Gasteiger partial charge in [-0.2, -0.15) is 0 Å². The first-order chi connectivity index (χ1) is 9.16. The Hall–Kier alpha value is -2.48. The molecule has 3 N–H and O–H groups in total. The van der Waals surface area contributed by atoms with E-state index in [0.717, 1.165) is 11.3 Å². The molecule has 0 aliphatic heterocycles. The lowest BCUT2D eigenvalue weighted by atomic mass is 10.3. The van der Waals surface area contributed by atoms with Gasteiger partial charge in [0.25, 0.3) is 0 Å². The van der Waals surface area contributed by atoms with Crippen LogP contribution < -0.4 is 10.6 Å². The van der Waals surface area contributed by atoms with Crippen molar-refractivity contribution >= 4 is 28.3 Å². The molecule has 8 heteroatoms. The van der Waals surface area contributed by atoms with Crippen LogP contribution in [0.2, 0.25) is 0 Å². The second-order valence-corrected chi connectivity index (χ2v) is 4.39. The molecule has 0 bridgehead atoms. The van der Waals surface area contributed by atoms with Crippen LogP contribution in [0.5, 0.6) is 0 Å². The molecule has 0 saturated carbocycles. The minimum absolute atomic E-state index is 0.0715. The number of urea groups is 1. The zero-order chi connectivity index (χ0) is 13.7. The molecule has 0 spiro atoms. The normalized spacial score (nSPS) is 9.89. The summed E-state index contributed by atoms with van der Waals surface area (Å²) in [6.45, 7) is 0.238. The summed E-state index contributed by atoms with van der Waals surface area (Å²) in [6, 6.07) is 2.63. The topological polar surface area (TPSA) is 104 Å². The molecule has 0 atom stereocenters. The quantitative estimate of drug-likeness (QED) is 0.787. The van der Waals surface area contributed by atoms with Gasteiger partial charge in [-0.15, -0.1) is 11.3 Å². The number of hydrogen-bond donors (Lipinski definition) is 3. The molecule has 0 radical (unpaired) electrons. The lowest BCUT2D eigenvalue weighted by Crippen LogP contribution is -2.28. The lowest BCUT2D eigenvalue weighted by Gasteiger charge is -2.06. The van der Waals surface area contributed by atoms with Crippen molar-refractivity contribution < 1.29 is 14.7 Å². The van der Waals surface area contributed by atoms with Crippen LogP contribution in [0.3, 0.4) is 0 Å². The first-order valence-corrected chi connectivity index (χ1v) is 6.15. The molecule has 2 heterocycles. The molecule has 2 aromatic rings. The van der Waals surface area contributed by atoms with E-state index in [1.54, 1.807) is 17.6 Å². The van der Waals surface area contributed by atoms with Crippen LogP contribution in [-0.4, -0.2) is 27.1 Å². The minimum Gasteiger partial charge on any atom is -0.478 e. The Balaban J connectivity index is 1.91. The van der Waals surface area contributed by atoms with Crippen LogP contribution in [0.25, 0.3) is 0 Å². The second-order valence-electron chi connectivity index (χ2n) is 3.48. The van der Waals surface area contributed by atoms with Gasteiger partial charge in [-0.05, 0) is 17.5 Å². The number of aromatic carboxylic acids is 1. The van der Waals surface area contributed by atoms with Gasteiger partial charge in [-0.25, -0.2) is 19.6 Å². The molecule has 0 aliphatic rings. The predicted octanol–water partition coefficient (Wildman–Crippen LogP) is 1.56. The number of aromatic nitrogens is 2. The number of amides is 2. The third-order valence-electron chi connectivity index (χ3n) is 2.20. The average molecular weight is 278 g/mol. The summed E-state index contributed by atoms with van der Waals surface area (Å²) in [5.41, 5.74) is 0.733. The highest BCUT2D eigenvalue weighted by Gasteiger charge is 2.13. The molecule has 19 heavy (non-hydrogen) atoms. The average Bonchev–Trinajstić information content (AvgIpc) is 2.86. The van der Waals surface area contributed by atoms with E-state index in [4.69, 9.17) is 5.11 Å². The van der Waals surface area contributed by atoms with Gasteiger partial charge in [0, 0.05) is 6.20 Å². The molecule has 2 aromatic heterocycles. The monoisotopic (exact) mass is 278 g/mol. The number of hydrogen-bond acceptors (Lipinski definition) is 5. The molecular weight excluding hydrogens is 268 g/mol. The standard InChI is InChI=1S/C11H10N4O3S/c16-10(17)8-2-4-19-9(8)15-11(18)13-5-7-1-3-12-6-14-7/h1-4,6H,5H2,(H,16,17)(H2,13,15,18). The largest absolute Gasteiger partial charge is 0.478 e. The summed E-state index contributed by atoms with van der Waals surface area (Å²) in [5.74, 6) is -1.08. The van der Waals surface area contributed by atoms with Gasteiger partial charge in [0.05, 0.1) is 17.8 Å². The van der Waals surface area contributed by atoms with Crippen molar-refractivity contribution in [3.63, 3.8) is 0 Å². The van der Waals surface area contributed by atoms with Gasteiger partial charge < -0.3 is 10.4 Å². The van der Waals surface area contributed by atoms with Crippen LogP contribution in [-0.2, 0) is 6.54 Å². The molecule has 0 aliphatic carbocycles. The van der Waals surface area contributed by atoms with Crippen molar-refractivity contribution in [3.8, 4) is 0 Å². The van der Waals surface area contributed by atoms with E-state index in [9.17, 15) is 9.59 Å². The van der Waals surface area contributed by atoms with Crippen LogP contribution in [0.15, 0.2) is 30.0 Å². The van der Waals surface area contributed by atoms with Crippen molar-refractivity contribution in [2.24, 2.45) is 0 Å². The maximum Gasteiger partial charge on any atom is 0.338 e. The van der Waals surface area contributed by atoms with E-state index in [1.165, 1.54) is 12.4 Å². The van der Waals surface area contributed by atoms with E-state index in [1.807, 2.05) is 0 Å². The third-order valence-corrected chi connectivity index (χ3v) is 3.03. The molecule has 2 rings (SSSR count). The van der Waals surface area contributed by atoms with Gasteiger partial charge in [0.1, 0.15) is 11.3 Å². The Kier molecular flexibility index (Phi) is 4.04. The van der Waals surface area contributed by atoms with Crippen molar-refractivity contribution in [1.29, 1.82) is 0 Å². The molecule has 7 nitrogen and oxygen atoms in total. The maximum atomic E-state index is 11.6. The summed E-state index contributed by atoms with van der Waals surface area (Å²) >= 11 is 1.15. The number of carbonyl (C=O) groups is 2. The van der Waals surface area contributed by atoms with Crippen LogP contribution >= 0.6 is 11.3 Å². The van der Waals surface area contributed by atoms with Crippen molar-refractivity contribution in [2.75, 3.05) is 5.32 Å². The second kappa shape index (κ2) is 5.91. The summed E-state index contributed by atoms with van der Waals surface area (Å²) in [6.07, 6.45) is 2.96. The van der Waals surface area contributed by atoms with Gasteiger partial charge in [-0.1, -0.05) is 0 Å². The fourth-order valence-corrected chi connectivity index (χ4v) is 2.09. The predicted molar refractivity (Wildman–Crippen MR) is 69.2 cm³/mol. The molecular formula is C11H10N4O3S. The number of carbonyl (C=O) groups excluding carboxylic acids is 1. The number of carboxylic acids is 1. The number of carboxylic acid groups (broad SMARTS) is 1. The Morgan fingerprint density at radius 1 is 1.37 bits per heavy atom. The SMILES string of the molecule is O=C(NCc1ccncn1)Nc1sccc1C(=O)O. The molecule has 0 unspecified atom stereocenters.